The fraction of sp³-hybridized carbons (Fsp3) is 0.231. The molecule has 7 nitrogen and oxygen atoms in total. The summed E-state index contributed by atoms with van der Waals surface area (Å²) in [6.07, 6.45) is 5.24. The summed E-state index contributed by atoms with van der Waals surface area (Å²) in [5.74, 6) is 0.327. The number of fused-ring (bicyclic) bond motifs is 1. The first-order valence-electron chi connectivity index (χ1n) is 11.3. The highest BCUT2D eigenvalue weighted by Gasteiger charge is 2.21. The second kappa shape index (κ2) is 9.05. The molecule has 0 spiro atoms. The first-order valence-corrected chi connectivity index (χ1v) is 11.3. The standard InChI is InChI=1S/C26H24FN5O2/c1-17(32-25(33)14-13-21(30-32)18-9-11-19(27)12-10-18)26(34)29-22-7-3-2-6-20(22)23-16-31-15-5-4-8-24(31)28-23/h2-3,6-7,9-14,16-17H,4-5,8,15H2,1H3,(H,29,34). The molecule has 0 bridgehead atoms. The van der Waals surface area contributed by atoms with Gasteiger partial charge in [0, 0.05) is 36.4 Å². The Hall–Kier alpha value is -4.07. The van der Waals surface area contributed by atoms with E-state index in [2.05, 4.69) is 15.0 Å². The SMILES string of the molecule is CC(C(=O)Nc1ccccc1-c1cn2c(n1)CCCC2)n1nc(-c2ccc(F)cc2)ccc1=O. The van der Waals surface area contributed by atoms with Gasteiger partial charge in [-0.2, -0.15) is 5.10 Å². The summed E-state index contributed by atoms with van der Waals surface area (Å²) in [4.78, 5) is 30.4. The number of amides is 1. The minimum absolute atomic E-state index is 0.359. The maximum atomic E-state index is 13.3. The zero-order chi connectivity index (χ0) is 23.7. The summed E-state index contributed by atoms with van der Waals surface area (Å²) in [5.41, 5.74) is 2.99. The summed E-state index contributed by atoms with van der Waals surface area (Å²) in [5, 5.41) is 7.31. The molecule has 2 aromatic heterocycles. The molecule has 1 aliphatic rings. The molecule has 1 amide bonds. The number of nitrogens with zero attached hydrogens (tertiary/aromatic N) is 4. The predicted molar refractivity (Wildman–Crippen MR) is 128 cm³/mol. The first-order chi connectivity index (χ1) is 16.5. The van der Waals surface area contributed by atoms with Crippen LogP contribution in [0.25, 0.3) is 22.5 Å². The van der Waals surface area contributed by atoms with E-state index in [4.69, 9.17) is 4.98 Å². The number of imidazole rings is 1. The molecule has 1 unspecified atom stereocenters. The van der Waals surface area contributed by atoms with Crippen molar-refractivity contribution >= 4 is 11.6 Å². The van der Waals surface area contributed by atoms with Gasteiger partial charge in [0.15, 0.2) is 0 Å². The molecule has 3 heterocycles. The van der Waals surface area contributed by atoms with Gasteiger partial charge in [-0.25, -0.2) is 14.1 Å². The van der Waals surface area contributed by atoms with Crippen molar-refractivity contribution in [1.29, 1.82) is 0 Å². The van der Waals surface area contributed by atoms with Gasteiger partial charge in [-0.3, -0.25) is 9.59 Å². The molecule has 0 fully saturated rings. The lowest BCUT2D eigenvalue weighted by atomic mass is 10.1. The number of hydrogen-bond acceptors (Lipinski definition) is 4. The molecule has 4 aromatic rings. The minimum Gasteiger partial charge on any atom is -0.334 e. The summed E-state index contributed by atoms with van der Waals surface area (Å²) in [6.45, 7) is 2.57. The number of benzene rings is 2. The summed E-state index contributed by atoms with van der Waals surface area (Å²) < 4.78 is 16.6. The fourth-order valence-electron chi connectivity index (χ4n) is 4.18. The number of carbonyl (C=O) groups excluding carboxylic acids is 1. The Morgan fingerprint density at radius 1 is 1.03 bits per heavy atom. The fourth-order valence-corrected chi connectivity index (χ4v) is 4.18. The van der Waals surface area contributed by atoms with Gasteiger partial charge in [0.05, 0.1) is 17.1 Å². The van der Waals surface area contributed by atoms with E-state index in [9.17, 15) is 14.0 Å². The van der Waals surface area contributed by atoms with Crippen LogP contribution in [0.1, 0.15) is 31.6 Å². The quantitative estimate of drug-likeness (QED) is 0.480. The Morgan fingerprint density at radius 3 is 2.62 bits per heavy atom. The zero-order valence-corrected chi connectivity index (χ0v) is 18.7. The first kappa shape index (κ1) is 21.8. The van der Waals surface area contributed by atoms with Gasteiger partial charge < -0.3 is 9.88 Å². The average Bonchev–Trinajstić information content (AvgIpc) is 3.29. The maximum absolute atomic E-state index is 13.3. The van der Waals surface area contributed by atoms with Crippen LogP contribution in [0, 0.1) is 5.82 Å². The second-order valence-corrected chi connectivity index (χ2v) is 8.41. The maximum Gasteiger partial charge on any atom is 0.267 e. The van der Waals surface area contributed by atoms with Crippen LogP contribution in [-0.2, 0) is 17.8 Å². The zero-order valence-electron chi connectivity index (χ0n) is 18.7. The van der Waals surface area contributed by atoms with Crippen LogP contribution < -0.4 is 10.9 Å². The van der Waals surface area contributed by atoms with Crippen molar-refractivity contribution in [2.24, 2.45) is 0 Å². The Bertz CT molecular complexity index is 1380. The lowest BCUT2D eigenvalue weighted by Gasteiger charge is -2.16. The van der Waals surface area contributed by atoms with Crippen LogP contribution in [0.5, 0.6) is 0 Å². The van der Waals surface area contributed by atoms with Crippen molar-refractivity contribution in [1.82, 2.24) is 19.3 Å². The van der Waals surface area contributed by atoms with Crippen LogP contribution in [0.2, 0.25) is 0 Å². The van der Waals surface area contributed by atoms with E-state index in [-0.39, 0.29) is 11.7 Å². The third-order valence-electron chi connectivity index (χ3n) is 6.08. The highest BCUT2D eigenvalue weighted by atomic mass is 19.1. The van der Waals surface area contributed by atoms with Crippen LogP contribution in [0.4, 0.5) is 10.1 Å². The number of aryl methyl sites for hydroxylation is 2. The Kier molecular flexibility index (Phi) is 5.79. The van der Waals surface area contributed by atoms with Gasteiger partial charge >= 0.3 is 0 Å². The molecule has 5 rings (SSSR count). The molecular weight excluding hydrogens is 433 g/mol. The third-order valence-corrected chi connectivity index (χ3v) is 6.08. The molecule has 1 atom stereocenters. The highest BCUT2D eigenvalue weighted by molar-refractivity contribution is 5.97. The topological polar surface area (TPSA) is 81.8 Å². The van der Waals surface area contributed by atoms with E-state index in [1.165, 1.54) is 18.2 Å². The Balaban J connectivity index is 1.41. The van der Waals surface area contributed by atoms with Crippen LogP contribution >= 0.6 is 0 Å². The van der Waals surface area contributed by atoms with Crippen molar-refractivity contribution in [3.8, 4) is 22.5 Å². The van der Waals surface area contributed by atoms with Crippen molar-refractivity contribution < 1.29 is 9.18 Å². The number of carbonyl (C=O) groups is 1. The minimum atomic E-state index is -0.865. The monoisotopic (exact) mass is 457 g/mol. The summed E-state index contributed by atoms with van der Waals surface area (Å²) in [7, 11) is 0. The van der Waals surface area contributed by atoms with Crippen molar-refractivity contribution in [2.45, 2.75) is 38.8 Å². The molecule has 0 radical (unpaired) electrons. The summed E-state index contributed by atoms with van der Waals surface area (Å²) >= 11 is 0. The van der Waals surface area contributed by atoms with Crippen LogP contribution in [0.15, 0.2) is 71.7 Å². The number of nitrogens with one attached hydrogen (secondary N) is 1. The largest absolute Gasteiger partial charge is 0.334 e. The van der Waals surface area contributed by atoms with Gasteiger partial charge in [0.25, 0.3) is 5.56 Å². The van der Waals surface area contributed by atoms with E-state index in [1.807, 2.05) is 30.5 Å². The van der Waals surface area contributed by atoms with Crippen molar-refractivity contribution in [2.75, 3.05) is 5.32 Å². The van der Waals surface area contributed by atoms with E-state index >= 15 is 0 Å². The molecule has 1 aliphatic heterocycles. The van der Waals surface area contributed by atoms with Crippen LogP contribution in [0.3, 0.4) is 0 Å². The number of anilines is 1. The molecule has 172 valence electrons. The molecule has 1 N–H and O–H groups in total. The molecule has 8 heteroatoms. The summed E-state index contributed by atoms with van der Waals surface area (Å²) in [6, 6.07) is 15.4. The molecular formula is C26H24FN5O2. The number of para-hydroxylation sites is 1. The number of hydrogen-bond donors (Lipinski definition) is 1. The average molecular weight is 458 g/mol. The van der Waals surface area contributed by atoms with Crippen molar-refractivity contribution in [3.63, 3.8) is 0 Å². The van der Waals surface area contributed by atoms with Crippen LogP contribution in [-0.4, -0.2) is 25.2 Å². The number of rotatable bonds is 5. The Morgan fingerprint density at radius 2 is 1.82 bits per heavy atom. The normalized spacial score (nSPS) is 13.8. The molecule has 0 aliphatic carbocycles. The molecule has 2 aromatic carbocycles. The number of halogens is 1. The molecule has 0 saturated heterocycles. The van der Waals surface area contributed by atoms with E-state index in [0.717, 1.165) is 47.6 Å². The molecule has 34 heavy (non-hydrogen) atoms. The van der Waals surface area contributed by atoms with Gasteiger partial charge in [-0.1, -0.05) is 18.2 Å². The van der Waals surface area contributed by atoms with Gasteiger partial charge in [-0.15, -0.1) is 0 Å². The lowest BCUT2D eigenvalue weighted by molar-refractivity contribution is -0.119. The Labute approximate surface area is 195 Å². The molecule has 0 saturated carbocycles. The second-order valence-electron chi connectivity index (χ2n) is 8.41. The van der Waals surface area contributed by atoms with Gasteiger partial charge in [-0.05, 0) is 56.2 Å². The highest BCUT2D eigenvalue weighted by Crippen LogP contribution is 2.29. The predicted octanol–water partition coefficient (Wildman–Crippen LogP) is 4.45. The van der Waals surface area contributed by atoms with E-state index in [0.29, 0.717) is 16.9 Å². The van der Waals surface area contributed by atoms with Crippen molar-refractivity contribution in [3.05, 3.63) is 88.9 Å². The van der Waals surface area contributed by atoms with E-state index < -0.39 is 11.6 Å². The van der Waals surface area contributed by atoms with Gasteiger partial charge in [0.1, 0.15) is 17.7 Å². The van der Waals surface area contributed by atoms with Gasteiger partial charge in [0.2, 0.25) is 5.91 Å². The smallest absolute Gasteiger partial charge is 0.267 e. The number of aromatic nitrogens is 4. The van der Waals surface area contributed by atoms with E-state index in [1.54, 1.807) is 25.1 Å². The lowest BCUT2D eigenvalue weighted by Crippen LogP contribution is -2.33. The third kappa shape index (κ3) is 4.26.